The quantitative estimate of drug-likeness (QED) is 0.490. The van der Waals surface area contributed by atoms with E-state index in [9.17, 15) is 9.59 Å². The molecular weight excluding hydrogens is 394 g/mol. The zero-order chi connectivity index (χ0) is 21.8. The largest absolute Gasteiger partial charge is 0.496 e. The van der Waals surface area contributed by atoms with Crippen molar-refractivity contribution >= 4 is 22.6 Å². The number of rotatable bonds is 6. The molecule has 1 aromatic heterocycles. The lowest BCUT2D eigenvalue weighted by atomic mass is 10.0. The highest BCUT2D eigenvalue weighted by Crippen LogP contribution is 2.29. The summed E-state index contributed by atoms with van der Waals surface area (Å²) in [6.45, 7) is 1.81. The predicted molar refractivity (Wildman–Crippen MR) is 120 cm³/mol. The number of fused-ring (bicyclic) bond motifs is 1. The standard InChI is InChI=1S/C25H21NO5/c1-16-7-9-17(10-8-16)26-24(27)15-30-18-11-12-20-23(13-18)31-14-21(25(20)28)19-5-3-4-6-22(19)29-2/h3-14H,15H2,1-2H3,(H,26,27). The van der Waals surface area contributed by atoms with Crippen LogP contribution in [-0.4, -0.2) is 19.6 Å². The van der Waals surface area contributed by atoms with Crippen LogP contribution < -0.4 is 20.2 Å². The van der Waals surface area contributed by atoms with Gasteiger partial charge in [0, 0.05) is 17.3 Å². The van der Waals surface area contributed by atoms with E-state index in [1.165, 1.54) is 6.26 Å². The average molecular weight is 415 g/mol. The van der Waals surface area contributed by atoms with Gasteiger partial charge in [0.15, 0.2) is 6.61 Å². The Bertz CT molecular complexity index is 1290. The Balaban J connectivity index is 1.51. The molecule has 0 aliphatic rings. The molecule has 1 heterocycles. The summed E-state index contributed by atoms with van der Waals surface area (Å²) in [5.41, 5.74) is 3.09. The number of ether oxygens (including phenoxy) is 2. The maximum absolute atomic E-state index is 13.0. The molecule has 0 unspecified atom stereocenters. The molecule has 0 aliphatic heterocycles. The van der Waals surface area contributed by atoms with Gasteiger partial charge in [0.25, 0.3) is 5.91 Å². The molecule has 0 atom stereocenters. The second-order valence-electron chi connectivity index (χ2n) is 7.04. The van der Waals surface area contributed by atoms with Crippen molar-refractivity contribution in [2.45, 2.75) is 6.92 Å². The van der Waals surface area contributed by atoms with Crippen LogP contribution in [0.2, 0.25) is 0 Å². The van der Waals surface area contributed by atoms with Gasteiger partial charge in [-0.25, -0.2) is 0 Å². The number of hydrogen-bond donors (Lipinski definition) is 1. The van der Waals surface area contributed by atoms with E-state index in [1.54, 1.807) is 37.4 Å². The van der Waals surface area contributed by atoms with Gasteiger partial charge >= 0.3 is 0 Å². The fourth-order valence-electron chi connectivity index (χ4n) is 3.23. The predicted octanol–water partition coefficient (Wildman–Crippen LogP) is 4.79. The molecule has 0 radical (unpaired) electrons. The molecule has 0 fully saturated rings. The number of aryl methyl sites for hydroxylation is 1. The molecule has 6 heteroatoms. The van der Waals surface area contributed by atoms with Crippen molar-refractivity contribution in [2.75, 3.05) is 19.0 Å². The van der Waals surface area contributed by atoms with Crippen LogP contribution in [0.4, 0.5) is 5.69 Å². The number of benzene rings is 3. The molecule has 6 nitrogen and oxygen atoms in total. The first kappa shape index (κ1) is 20.2. The number of carbonyl (C=O) groups is 1. The van der Waals surface area contributed by atoms with Crippen LogP contribution in [0.3, 0.4) is 0 Å². The van der Waals surface area contributed by atoms with Gasteiger partial charge in [-0.15, -0.1) is 0 Å². The monoisotopic (exact) mass is 415 g/mol. The average Bonchev–Trinajstić information content (AvgIpc) is 2.79. The van der Waals surface area contributed by atoms with Gasteiger partial charge in [-0.2, -0.15) is 0 Å². The fourth-order valence-corrected chi connectivity index (χ4v) is 3.23. The second kappa shape index (κ2) is 8.75. The van der Waals surface area contributed by atoms with Crippen LogP contribution in [0.15, 0.2) is 82.2 Å². The number of methoxy groups -OCH3 is 1. The molecule has 0 spiro atoms. The number of anilines is 1. The Morgan fingerprint density at radius 2 is 1.77 bits per heavy atom. The fraction of sp³-hybridized carbons (Fsp3) is 0.120. The van der Waals surface area contributed by atoms with Crippen LogP contribution >= 0.6 is 0 Å². The Hall–Kier alpha value is -4.06. The molecule has 3 aromatic carbocycles. The van der Waals surface area contributed by atoms with Crippen LogP contribution in [0.1, 0.15) is 5.56 Å². The van der Waals surface area contributed by atoms with Crippen molar-refractivity contribution in [1.82, 2.24) is 0 Å². The molecule has 0 bridgehead atoms. The Kier molecular flexibility index (Phi) is 5.71. The molecule has 4 aromatic rings. The molecule has 1 N–H and O–H groups in total. The third-order valence-electron chi connectivity index (χ3n) is 4.85. The summed E-state index contributed by atoms with van der Waals surface area (Å²) in [6, 6.07) is 19.6. The Morgan fingerprint density at radius 1 is 1.00 bits per heavy atom. The summed E-state index contributed by atoms with van der Waals surface area (Å²) in [5, 5.41) is 3.19. The molecular formula is C25H21NO5. The summed E-state index contributed by atoms with van der Waals surface area (Å²) >= 11 is 0. The SMILES string of the molecule is COc1ccccc1-c1coc2cc(OCC(=O)Nc3ccc(C)cc3)ccc2c1=O. The van der Waals surface area contributed by atoms with E-state index in [2.05, 4.69) is 5.32 Å². The Morgan fingerprint density at radius 3 is 2.55 bits per heavy atom. The van der Waals surface area contributed by atoms with Gasteiger partial charge in [0.2, 0.25) is 5.43 Å². The first-order valence-electron chi connectivity index (χ1n) is 9.73. The molecule has 1 amide bonds. The first-order valence-corrected chi connectivity index (χ1v) is 9.73. The van der Waals surface area contributed by atoms with Gasteiger partial charge < -0.3 is 19.2 Å². The van der Waals surface area contributed by atoms with Crippen LogP contribution in [0.5, 0.6) is 11.5 Å². The van der Waals surface area contributed by atoms with Gasteiger partial charge in [0.1, 0.15) is 23.3 Å². The summed E-state index contributed by atoms with van der Waals surface area (Å²) in [4.78, 5) is 25.1. The summed E-state index contributed by atoms with van der Waals surface area (Å²) in [5.74, 6) is 0.741. The number of carbonyl (C=O) groups excluding carboxylic acids is 1. The van der Waals surface area contributed by atoms with E-state index >= 15 is 0 Å². The van der Waals surface area contributed by atoms with E-state index in [4.69, 9.17) is 13.9 Å². The minimum atomic E-state index is -0.281. The lowest BCUT2D eigenvalue weighted by Gasteiger charge is -2.10. The molecule has 31 heavy (non-hydrogen) atoms. The van der Waals surface area contributed by atoms with Crippen LogP contribution in [-0.2, 0) is 4.79 Å². The minimum Gasteiger partial charge on any atom is -0.496 e. The highest BCUT2D eigenvalue weighted by molar-refractivity contribution is 5.92. The zero-order valence-electron chi connectivity index (χ0n) is 17.2. The van der Waals surface area contributed by atoms with Crippen molar-refractivity contribution in [2.24, 2.45) is 0 Å². The number of para-hydroxylation sites is 1. The van der Waals surface area contributed by atoms with E-state index in [-0.39, 0.29) is 17.9 Å². The van der Waals surface area contributed by atoms with Crippen LogP contribution in [0.25, 0.3) is 22.1 Å². The lowest BCUT2D eigenvalue weighted by molar-refractivity contribution is -0.118. The highest BCUT2D eigenvalue weighted by Gasteiger charge is 2.14. The minimum absolute atomic E-state index is 0.164. The number of hydrogen-bond acceptors (Lipinski definition) is 5. The van der Waals surface area contributed by atoms with E-state index in [0.29, 0.717) is 39.3 Å². The second-order valence-corrected chi connectivity index (χ2v) is 7.04. The van der Waals surface area contributed by atoms with E-state index in [1.807, 2.05) is 43.3 Å². The smallest absolute Gasteiger partial charge is 0.262 e. The van der Waals surface area contributed by atoms with Crippen molar-refractivity contribution in [3.8, 4) is 22.6 Å². The van der Waals surface area contributed by atoms with Gasteiger partial charge in [-0.1, -0.05) is 35.9 Å². The van der Waals surface area contributed by atoms with Crippen molar-refractivity contribution in [3.63, 3.8) is 0 Å². The lowest BCUT2D eigenvalue weighted by Crippen LogP contribution is -2.20. The van der Waals surface area contributed by atoms with Gasteiger partial charge in [-0.05, 0) is 37.3 Å². The highest BCUT2D eigenvalue weighted by atomic mass is 16.5. The topological polar surface area (TPSA) is 77.8 Å². The van der Waals surface area contributed by atoms with Crippen molar-refractivity contribution in [1.29, 1.82) is 0 Å². The number of amides is 1. The Labute approximate surface area is 179 Å². The summed E-state index contributed by atoms with van der Waals surface area (Å²) in [7, 11) is 1.56. The van der Waals surface area contributed by atoms with E-state index < -0.39 is 0 Å². The number of nitrogens with one attached hydrogen (secondary N) is 1. The maximum Gasteiger partial charge on any atom is 0.262 e. The zero-order valence-corrected chi connectivity index (χ0v) is 17.2. The van der Waals surface area contributed by atoms with Crippen molar-refractivity contribution in [3.05, 3.63) is 88.8 Å². The third kappa shape index (κ3) is 4.43. The normalized spacial score (nSPS) is 10.6. The summed E-state index contributed by atoms with van der Waals surface area (Å²) < 4.78 is 16.6. The van der Waals surface area contributed by atoms with Gasteiger partial charge in [-0.3, -0.25) is 9.59 Å². The first-order chi connectivity index (χ1) is 15.0. The molecule has 0 aliphatic carbocycles. The molecule has 4 rings (SSSR count). The molecule has 0 saturated heterocycles. The van der Waals surface area contributed by atoms with Gasteiger partial charge in [0.05, 0.1) is 18.1 Å². The van der Waals surface area contributed by atoms with E-state index in [0.717, 1.165) is 5.56 Å². The molecule has 0 saturated carbocycles. The maximum atomic E-state index is 13.0. The molecule has 156 valence electrons. The van der Waals surface area contributed by atoms with Crippen LogP contribution in [0, 0.1) is 6.92 Å². The summed E-state index contributed by atoms with van der Waals surface area (Å²) in [6.07, 6.45) is 1.41. The van der Waals surface area contributed by atoms with Crippen molar-refractivity contribution < 1.29 is 18.7 Å². The third-order valence-corrected chi connectivity index (χ3v) is 4.85.